The quantitative estimate of drug-likeness (QED) is 0.697. The van der Waals surface area contributed by atoms with Crippen molar-refractivity contribution >= 4 is 11.6 Å². The zero-order chi connectivity index (χ0) is 7.68. The third-order valence-electron chi connectivity index (χ3n) is 1.71. The summed E-state index contributed by atoms with van der Waals surface area (Å²) in [6.07, 6.45) is 2.17. The SMILES string of the molecule is Clc1n[nH]c(C2CCCO2)n1. The van der Waals surface area contributed by atoms with Crippen LogP contribution in [-0.4, -0.2) is 21.8 Å². The van der Waals surface area contributed by atoms with E-state index in [9.17, 15) is 0 Å². The largest absolute Gasteiger partial charge is 0.370 e. The Morgan fingerprint density at radius 2 is 2.55 bits per heavy atom. The topological polar surface area (TPSA) is 50.8 Å². The number of ether oxygens (including phenoxy) is 1. The molecule has 0 aromatic carbocycles. The van der Waals surface area contributed by atoms with Crippen molar-refractivity contribution in [2.75, 3.05) is 6.61 Å². The summed E-state index contributed by atoms with van der Waals surface area (Å²) in [5, 5.41) is 6.70. The van der Waals surface area contributed by atoms with E-state index in [0.29, 0.717) is 0 Å². The number of aromatic amines is 1. The first kappa shape index (κ1) is 7.06. The third-order valence-corrected chi connectivity index (χ3v) is 1.88. The van der Waals surface area contributed by atoms with E-state index in [2.05, 4.69) is 15.2 Å². The van der Waals surface area contributed by atoms with Gasteiger partial charge in [-0.05, 0) is 24.4 Å². The summed E-state index contributed by atoms with van der Waals surface area (Å²) in [5.74, 6) is 0.743. The Morgan fingerprint density at radius 1 is 1.64 bits per heavy atom. The van der Waals surface area contributed by atoms with Crippen LogP contribution >= 0.6 is 11.6 Å². The van der Waals surface area contributed by atoms with E-state index in [0.717, 1.165) is 25.3 Å². The lowest BCUT2D eigenvalue weighted by Gasteiger charge is -2.02. The average molecular weight is 174 g/mol. The van der Waals surface area contributed by atoms with Gasteiger partial charge in [0, 0.05) is 6.61 Å². The summed E-state index contributed by atoms with van der Waals surface area (Å²) in [5.41, 5.74) is 0. The van der Waals surface area contributed by atoms with Crippen molar-refractivity contribution in [3.05, 3.63) is 11.1 Å². The van der Waals surface area contributed by atoms with Gasteiger partial charge in [-0.1, -0.05) is 0 Å². The normalized spacial score (nSPS) is 24.3. The van der Waals surface area contributed by atoms with Crippen molar-refractivity contribution < 1.29 is 4.74 Å². The molecule has 0 spiro atoms. The standard InChI is InChI=1S/C6H8ClN3O/c7-6-8-5(9-10-6)4-2-1-3-11-4/h4H,1-3H2,(H,8,9,10). The minimum atomic E-state index is 0.0787. The number of aromatic nitrogens is 3. The maximum atomic E-state index is 5.53. The second kappa shape index (κ2) is 2.79. The Kier molecular flexibility index (Phi) is 1.79. The van der Waals surface area contributed by atoms with Gasteiger partial charge < -0.3 is 4.74 Å². The van der Waals surface area contributed by atoms with Gasteiger partial charge in [0.15, 0.2) is 5.82 Å². The van der Waals surface area contributed by atoms with Crippen LogP contribution in [0.4, 0.5) is 0 Å². The maximum Gasteiger partial charge on any atom is 0.242 e. The molecular weight excluding hydrogens is 166 g/mol. The number of hydrogen-bond acceptors (Lipinski definition) is 3. The Balaban J connectivity index is 2.15. The van der Waals surface area contributed by atoms with Crippen molar-refractivity contribution in [1.29, 1.82) is 0 Å². The number of nitrogens with one attached hydrogen (secondary N) is 1. The summed E-state index contributed by atoms with van der Waals surface area (Å²) in [6, 6.07) is 0. The van der Waals surface area contributed by atoms with Gasteiger partial charge in [0.1, 0.15) is 6.10 Å². The molecule has 60 valence electrons. The molecule has 1 aliphatic rings. The molecule has 1 atom stereocenters. The van der Waals surface area contributed by atoms with Crippen LogP contribution in [0.3, 0.4) is 0 Å². The monoisotopic (exact) mass is 173 g/mol. The zero-order valence-corrected chi connectivity index (χ0v) is 6.64. The highest BCUT2D eigenvalue weighted by molar-refractivity contribution is 6.28. The fourth-order valence-electron chi connectivity index (χ4n) is 1.19. The molecule has 4 nitrogen and oxygen atoms in total. The van der Waals surface area contributed by atoms with Crippen LogP contribution in [0.25, 0.3) is 0 Å². The average Bonchev–Trinajstić information content (AvgIpc) is 2.55. The van der Waals surface area contributed by atoms with Crippen molar-refractivity contribution in [3.63, 3.8) is 0 Å². The lowest BCUT2D eigenvalue weighted by molar-refractivity contribution is 0.105. The van der Waals surface area contributed by atoms with Crippen LogP contribution in [-0.2, 0) is 4.74 Å². The van der Waals surface area contributed by atoms with E-state index < -0.39 is 0 Å². The molecule has 5 heteroatoms. The lowest BCUT2D eigenvalue weighted by Crippen LogP contribution is -1.97. The Hall–Kier alpha value is -0.610. The summed E-state index contributed by atoms with van der Waals surface area (Å²) < 4.78 is 5.36. The summed E-state index contributed by atoms with van der Waals surface area (Å²) >= 11 is 5.53. The molecule has 2 rings (SSSR count). The highest BCUT2D eigenvalue weighted by Gasteiger charge is 2.20. The molecule has 0 amide bonds. The molecule has 0 aliphatic carbocycles. The van der Waals surface area contributed by atoms with Crippen LogP contribution in [0.1, 0.15) is 24.8 Å². The van der Waals surface area contributed by atoms with Gasteiger partial charge in [-0.3, -0.25) is 5.10 Å². The molecule has 11 heavy (non-hydrogen) atoms. The Bertz CT molecular complexity index is 244. The molecular formula is C6H8ClN3O. The minimum absolute atomic E-state index is 0.0787. The molecule has 1 aromatic rings. The molecule has 1 unspecified atom stereocenters. The second-order valence-corrected chi connectivity index (χ2v) is 2.83. The highest BCUT2D eigenvalue weighted by atomic mass is 35.5. The van der Waals surface area contributed by atoms with Crippen LogP contribution in [0.2, 0.25) is 5.28 Å². The molecule has 1 aromatic heterocycles. The molecule has 1 aliphatic heterocycles. The van der Waals surface area contributed by atoms with E-state index in [4.69, 9.17) is 16.3 Å². The smallest absolute Gasteiger partial charge is 0.242 e. The Morgan fingerprint density at radius 3 is 3.09 bits per heavy atom. The van der Waals surface area contributed by atoms with E-state index in [1.54, 1.807) is 0 Å². The van der Waals surface area contributed by atoms with E-state index in [1.807, 2.05) is 0 Å². The van der Waals surface area contributed by atoms with Crippen LogP contribution < -0.4 is 0 Å². The maximum absolute atomic E-state index is 5.53. The predicted octanol–water partition coefficient (Wildman–Crippen LogP) is 1.31. The van der Waals surface area contributed by atoms with Gasteiger partial charge in [0.2, 0.25) is 5.28 Å². The number of nitrogens with zero attached hydrogens (tertiary/aromatic N) is 2. The number of hydrogen-bond donors (Lipinski definition) is 1. The van der Waals surface area contributed by atoms with E-state index in [1.165, 1.54) is 0 Å². The highest BCUT2D eigenvalue weighted by Crippen LogP contribution is 2.25. The third kappa shape index (κ3) is 1.36. The molecule has 1 fully saturated rings. The van der Waals surface area contributed by atoms with Gasteiger partial charge in [0.25, 0.3) is 0 Å². The minimum Gasteiger partial charge on any atom is -0.370 e. The summed E-state index contributed by atoms with van der Waals surface area (Å²) in [6.45, 7) is 0.809. The number of rotatable bonds is 1. The van der Waals surface area contributed by atoms with Crippen LogP contribution in [0, 0.1) is 0 Å². The van der Waals surface area contributed by atoms with Crippen LogP contribution in [0.15, 0.2) is 0 Å². The van der Waals surface area contributed by atoms with Gasteiger partial charge >= 0.3 is 0 Å². The van der Waals surface area contributed by atoms with Crippen LogP contribution in [0.5, 0.6) is 0 Å². The van der Waals surface area contributed by atoms with E-state index in [-0.39, 0.29) is 11.4 Å². The van der Waals surface area contributed by atoms with Gasteiger partial charge in [0.05, 0.1) is 0 Å². The zero-order valence-electron chi connectivity index (χ0n) is 5.88. The van der Waals surface area contributed by atoms with E-state index >= 15 is 0 Å². The first-order chi connectivity index (χ1) is 5.36. The summed E-state index contributed by atoms with van der Waals surface area (Å²) in [7, 11) is 0. The molecule has 2 heterocycles. The summed E-state index contributed by atoms with van der Waals surface area (Å²) in [4.78, 5) is 3.97. The fourth-order valence-corrected chi connectivity index (χ4v) is 1.32. The van der Waals surface area contributed by atoms with Gasteiger partial charge in [-0.25, -0.2) is 0 Å². The van der Waals surface area contributed by atoms with Crippen molar-refractivity contribution in [2.24, 2.45) is 0 Å². The van der Waals surface area contributed by atoms with Gasteiger partial charge in [-0.15, -0.1) is 5.10 Å². The predicted molar refractivity (Wildman–Crippen MR) is 39.3 cm³/mol. The molecule has 0 radical (unpaired) electrons. The van der Waals surface area contributed by atoms with Crippen molar-refractivity contribution in [3.8, 4) is 0 Å². The first-order valence-electron chi connectivity index (χ1n) is 3.55. The number of halogens is 1. The van der Waals surface area contributed by atoms with Gasteiger partial charge in [-0.2, -0.15) is 4.98 Å². The number of H-pyrrole nitrogens is 1. The second-order valence-electron chi connectivity index (χ2n) is 2.49. The molecule has 1 saturated heterocycles. The molecule has 0 bridgehead atoms. The molecule has 0 saturated carbocycles. The fraction of sp³-hybridized carbons (Fsp3) is 0.667. The van der Waals surface area contributed by atoms with Crippen molar-refractivity contribution in [2.45, 2.75) is 18.9 Å². The van der Waals surface area contributed by atoms with Crippen molar-refractivity contribution in [1.82, 2.24) is 15.2 Å². The molecule has 1 N–H and O–H groups in total. The first-order valence-corrected chi connectivity index (χ1v) is 3.93. The lowest BCUT2D eigenvalue weighted by atomic mass is 10.2. The Labute approximate surface area is 68.9 Å².